The third-order valence-electron chi connectivity index (χ3n) is 5.56. The summed E-state index contributed by atoms with van der Waals surface area (Å²) in [7, 11) is 3.23. The highest BCUT2D eigenvalue weighted by Crippen LogP contribution is 2.21. The van der Waals surface area contributed by atoms with Crippen molar-refractivity contribution in [1.29, 1.82) is 0 Å². The van der Waals surface area contributed by atoms with Crippen LogP contribution in [0.25, 0.3) is 0 Å². The first kappa shape index (κ1) is 27.4. The molecule has 0 saturated heterocycles. The summed E-state index contributed by atoms with van der Waals surface area (Å²) in [5.41, 5.74) is 3.41. The Morgan fingerprint density at radius 2 is 0.872 bits per heavy atom. The van der Waals surface area contributed by atoms with Crippen LogP contribution < -0.4 is 9.47 Å². The topological polar surface area (TPSA) is 70.9 Å². The van der Waals surface area contributed by atoms with Crippen molar-refractivity contribution in [2.75, 3.05) is 40.6 Å². The largest absolute Gasteiger partial charge is 0.491 e. The monoisotopic (exact) mass is 524 g/mol. The molecule has 0 N–H and O–H groups in total. The lowest BCUT2D eigenvalue weighted by Gasteiger charge is -2.09. The Kier molecular flexibility index (Phi) is 10.5. The Hall–Kier alpha value is -4.62. The molecule has 0 bridgehead atoms. The average molecular weight is 525 g/mol. The van der Waals surface area contributed by atoms with Gasteiger partial charge in [0.15, 0.2) is 0 Å². The van der Waals surface area contributed by atoms with Crippen molar-refractivity contribution in [1.82, 2.24) is 0 Å². The molecule has 4 aromatic rings. The first-order valence-electron chi connectivity index (χ1n) is 12.6. The van der Waals surface area contributed by atoms with Gasteiger partial charge in [-0.05, 0) is 72.8 Å². The highest BCUT2D eigenvalue weighted by molar-refractivity contribution is 5.96. The number of nitrogens with zero attached hydrogens (tertiary/aromatic N) is 2. The molecular formula is C32H32N2O5. The lowest BCUT2D eigenvalue weighted by atomic mass is 10.2. The van der Waals surface area contributed by atoms with E-state index in [4.69, 9.17) is 23.7 Å². The van der Waals surface area contributed by atoms with Gasteiger partial charge in [-0.25, -0.2) is 9.98 Å². The molecule has 0 fully saturated rings. The van der Waals surface area contributed by atoms with Crippen LogP contribution in [0.4, 0.5) is 11.4 Å². The Morgan fingerprint density at radius 1 is 0.487 bits per heavy atom. The highest BCUT2D eigenvalue weighted by Gasteiger charge is 2.05. The van der Waals surface area contributed by atoms with E-state index in [1.54, 1.807) is 14.2 Å². The molecule has 4 aromatic carbocycles. The fourth-order valence-corrected chi connectivity index (χ4v) is 3.62. The number of rotatable bonds is 12. The number of methoxy groups -OCH3 is 2. The molecule has 0 radical (unpaired) electrons. The number of hydrogen-bond acceptors (Lipinski definition) is 7. The van der Waals surface area contributed by atoms with E-state index in [-0.39, 0.29) is 0 Å². The summed E-state index contributed by atoms with van der Waals surface area (Å²) in [5.74, 6) is 2.62. The Morgan fingerprint density at radius 3 is 1.23 bits per heavy atom. The van der Waals surface area contributed by atoms with E-state index >= 15 is 0 Å². The molecule has 0 saturated carbocycles. The van der Waals surface area contributed by atoms with Gasteiger partial charge in [-0.15, -0.1) is 0 Å². The van der Waals surface area contributed by atoms with E-state index in [0.717, 1.165) is 34.0 Å². The predicted molar refractivity (Wildman–Crippen MR) is 154 cm³/mol. The van der Waals surface area contributed by atoms with Crippen molar-refractivity contribution in [2.45, 2.75) is 0 Å². The number of benzene rings is 4. The quantitative estimate of drug-likeness (QED) is 0.118. The Labute approximate surface area is 229 Å². The summed E-state index contributed by atoms with van der Waals surface area (Å²) in [4.78, 5) is 9.13. The minimum absolute atomic E-state index is 0.436. The first-order chi connectivity index (χ1) is 19.2. The third-order valence-corrected chi connectivity index (χ3v) is 5.56. The second-order valence-electron chi connectivity index (χ2n) is 8.27. The molecular weight excluding hydrogens is 492 g/mol. The van der Waals surface area contributed by atoms with Crippen molar-refractivity contribution in [3.63, 3.8) is 0 Å². The molecule has 0 amide bonds. The van der Waals surface area contributed by atoms with E-state index in [2.05, 4.69) is 9.98 Å². The summed E-state index contributed by atoms with van der Waals surface area (Å²) < 4.78 is 28.0. The summed E-state index contributed by atoms with van der Waals surface area (Å²) in [5, 5.41) is 0. The molecule has 7 nitrogen and oxygen atoms in total. The predicted octanol–water partition coefficient (Wildman–Crippen LogP) is 6.61. The molecule has 4 rings (SSSR count). The van der Waals surface area contributed by atoms with Crippen LogP contribution in [0.5, 0.6) is 11.5 Å². The molecule has 0 aliphatic rings. The Balaban J connectivity index is 1.14. The van der Waals surface area contributed by atoms with Crippen molar-refractivity contribution < 1.29 is 23.7 Å². The van der Waals surface area contributed by atoms with Gasteiger partial charge >= 0.3 is 0 Å². The highest BCUT2D eigenvalue weighted by atomic mass is 16.5. The standard InChI is InChI=1S/C32H32N2O5/c1-35-31(25-9-5-3-6-10-25)33-27-13-17-29(18-14-27)38-23-21-37-22-24-39-30-19-15-28(16-20-30)34-32(36-2)26-11-7-4-8-12-26/h3-20H,21-24H2,1-2H3/b33-31-,34-32-. The normalized spacial score (nSPS) is 11.6. The number of ether oxygens (including phenoxy) is 5. The molecule has 0 aromatic heterocycles. The van der Waals surface area contributed by atoms with Gasteiger partial charge in [-0.2, -0.15) is 0 Å². The molecule has 7 heteroatoms. The van der Waals surface area contributed by atoms with Crippen LogP contribution >= 0.6 is 0 Å². The van der Waals surface area contributed by atoms with Gasteiger partial charge in [0, 0.05) is 11.1 Å². The van der Waals surface area contributed by atoms with E-state index in [9.17, 15) is 0 Å². The van der Waals surface area contributed by atoms with Crippen molar-refractivity contribution >= 4 is 23.2 Å². The van der Waals surface area contributed by atoms with Crippen LogP contribution in [0.3, 0.4) is 0 Å². The zero-order chi connectivity index (χ0) is 27.1. The van der Waals surface area contributed by atoms with Crippen molar-refractivity contribution in [3.05, 3.63) is 120 Å². The maximum Gasteiger partial charge on any atom is 0.220 e. The average Bonchev–Trinajstić information content (AvgIpc) is 3.00. The second kappa shape index (κ2) is 15.0. The van der Waals surface area contributed by atoms with E-state index in [1.807, 2.05) is 109 Å². The summed E-state index contributed by atoms with van der Waals surface area (Å²) in [6, 6.07) is 34.6. The van der Waals surface area contributed by atoms with Crippen LogP contribution in [0.1, 0.15) is 11.1 Å². The molecule has 200 valence electrons. The van der Waals surface area contributed by atoms with E-state index in [0.29, 0.717) is 38.2 Å². The van der Waals surface area contributed by atoms with Crippen LogP contribution in [0, 0.1) is 0 Å². The minimum Gasteiger partial charge on any atom is -0.491 e. The van der Waals surface area contributed by atoms with Gasteiger partial charge in [0.25, 0.3) is 0 Å². The van der Waals surface area contributed by atoms with Crippen LogP contribution in [0.2, 0.25) is 0 Å². The van der Waals surface area contributed by atoms with E-state index in [1.165, 1.54) is 0 Å². The fourth-order valence-electron chi connectivity index (χ4n) is 3.62. The lowest BCUT2D eigenvalue weighted by molar-refractivity contribution is 0.0764. The lowest BCUT2D eigenvalue weighted by Crippen LogP contribution is -2.12. The Bertz CT molecular complexity index is 1220. The SMILES string of the molecule is CO/C(=N\c1ccc(OCCOCCOc2ccc(/N=C(\OC)c3ccccc3)cc2)cc1)c1ccccc1. The molecule has 0 heterocycles. The maximum atomic E-state index is 5.76. The molecule has 0 aliphatic heterocycles. The van der Waals surface area contributed by atoms with Gasteiger partial charge < -0.3 is 23.7 Å². The maximum absolute atomic E-state index is 5.76. The second-order valence-corrected chi connectivity index (χ2v) is 8.27. The molecule has 0 atom stereocenters. The van der Waals surface area contributed by atoms with Crippen molar-refractivity contribution in [3.8, 4) is 11.5 Å². The first-order valence-corrected chi connectivity index (χ1v) is 12.6. The smallest absolute Gasteiger partial charge is 0.220 e. The third kappa shape index (κ3) is 8.72. The minimum atomic E-state index is 0.436. The molecule has 0 aliphatic carbocycles. The number of aliphatic imine (C=N–C) groups is 2. The zero-order valence-corrected chi connectivity index (χ0v) is 22.2. The summed E-state index contributed by atoms with van der Waals surface area (Å²) >= 11 is 0. The van der Waals surface area contributed by atoms with Crippen LogP contribution in [-0.4, -0.2) is 52.4 Å². The molecule has 39 heavy (non-hydrogen) atoms. The van der Waals surface area contributed by atoms with Gasteiger partial charge in [0.2, 0.25) is 11.8 Å². The van der Waals surface area contributed by atoms with Crippen LogP contribution in [-0.2, 0) is 14.2 Å². The van der Waals surface area contributed by atoms with Gasteiger partial charge in [-0.1, -0.05) is 36.4 Å². The fraction of sp³-hybridized carbons (Fsp3) is 0.188. The molecule has 0 unspecified atom stereocenters. The summed E-state index contributed by atoms with van der Waals surface area (Å²) in [6.07, 6.45) is 0. The number of hydrogen-bond donors (Lipinski definition) is 0. The van der Waals surface area contributed by atoms with Gasteiger partial charge in [-0.3, -0.25) is 0 Å². The van der Waals surface area contributed by atoms with E-state index < -0.39 is 0 Å². The van der Waals surface area contributed by atoms with Gasteiger partial charge in [0.05, 0.1) is 38.8 Å². The summed E-state index contributed by atoms with van der Waals surface area (Å²) in [6.45, 7) is 1.79. The van der Waals surface area contributed by atoms with Crippen LogP contribution in [0.15, 0.2) is 119 Å². The zero-order valence-electron chi connectivity index (χ0n) is 22.2. The molecule has 0 spiro atoms. The van der Waals surface area contributed by atoms with Crippen molar-refractivity contribution in [2.24, 2.45) is 9.98 Å². The van der Waals surface area contributed by atoms with Gasteiger partial charge in [0.1, 0.15) is 24.7 Å².